The van der Waals surface area contributed by atoms with Crippen LogP contribution in [0.2, 0.25) is 0 Å². The minimum Gasteiger partial charge on any atom is -0.495 e. The first-order valence-electron chi connectivity index (χ1n) is 4.71. The van der Waals surface area contributed by atoms with Crippen LogP contribution in [-0.2, 0) is 9.53 Å². The number of esters is 1. The first kappa shape index (κ1) is 13.7. The molecule has 1 rings (SSSR count). The molecule has 5 heteroatoms. The van der Waals surface area contributed by atoms with E-state index in [0.29, 0.717) is 11.3 Å². The van der Waals surface area contributed by atoms with Crippen LogP contribution in [0.15, 0.2) is 18.2 Å². The van der Waals surface area contributed by atoms with Crippen LogP contribution < -0.4 is 4.74 Å². The molecule has 0 aliphatic carbocycles. The molecular weight excluding hydrogens is 335 g/mol. The molecule has 0 radical (unpaired) electrons. The molecule has 0 bridgehead atoms. The Hall–Kier alpha value is -1.37. The summed E-state index contributed by atoms with van der Waals surface area (Å²) in [5.41, 5.74) is 1.19. The van der Waals surface area contributed by atoms with Crippen molar-refractivity contribution < 1.29 is 19.1 Å². The zero-order valence-electron chi connectivity index (χ0n) is 9.40. The first-order chi connectivity index (χ1) is 8.12. The first-order valence-corrected chi connectivity index (χ1v) is 5.79. The van der Waals surface area contributed by atoms with Crippen LogP contribution in [0.4, 0.5) is 0 Å². The summed E-state index contributed by atoms with van der Waals surface area (Å²) in [7, 11) is 2.82. The Morgan fingerprint density at radius 3 is 2.59 bits per heavy atom. The SMILES string of the molecule is COC(=O)/C=C/c1cc(I)c(OC)c(C=O)c1. The third-order valence-corrected chi connectivity index (χ3v) is 2.84. The van der Waals surface area contributed by atoms with Gasteiger partial charge in [0.05, 0.1) is 23.4 Å². The molecule has 0 unspecified atom stereocenters. The van der Waals surface area contributed by atoms with Crippen LogP contribution in [0.25, 0.3) is 6.08 Å². The molecule has 1 aromatic carbocycles. The van der Waals surface area contributed by atoms with Crippen molar-refractivity contribution in [2.75, 3.05) is 14.2 Å². The highest BCUT2D eigenvalue weighted by molar-refractivity contribution is 14.1. The van der Waals surface area contributed by atoms with Gasteiger partial charge in [-0.15, -0.1) is 0 Å². The van der Waals surface area contributed by atoms with Crippen LogP contribution in [0.5, 0.6) is 5.75 Å². The molecule has 0 N–H and O–H groups in total. The van der Waals surface area contributed by atoms with E-state index in [1.807, 2.05) is 6.07 Å². The highest BCUT2D eigenvalue weighted by atomic mass is 127. The summed E-state index contributed by atoms with van der Waals surface area (Å²) >= 11 is 2.07. The molecule has 0 spiro atoms. The second-order valence-electron chi connectivity index (χ2n) is 3.10. The van der Waals surface area contributed by atoms with Crippen molar-refractivity contribution in [3.63, 3.8) is 0 Å². The van der Waals surface area contributed by atoms with Gasteiger partial charge < -0.3 is 9.47 Å². The minimum absolute atomic E-state index is 0.441. The van der Waals surface area contributed by atoms with Gasteiger partial charge in [0.1, 0.15) is 5.75 Å². The number of aldehydes is 1. The smallest absolute Gasteiger partial charge is 0.330 e. The van der Waals surface area contributed by atoms with E-state index >= 15 is 0 Å². The average molecular weight is 346 g/mol. The van der Waals surface area contributed by atoms with Crippen LogP contribution in [0.3, 0.4) is 0 Å². The number of methoxy groups -OCH3 is 2. The molecule has 0 saturated heterocycles. The molecule has 4 nitrogen and oxygen atoms in total. The molecule has 0 aliphatic heterocycles. The van der Waals surface area contributed by atoms with Crippen molar-refractivity contribution in [1.82, 2.24) is 0 Å². The fourth-order valence-corrected chi connectivity index (χ4v) is 2.16. The Bertz CT molecular complexity index is 466. The lowest BCUT2D eigenvalue weighted by atomic mass is 10.1. The standard InChI is InChI=1S/C12H11IO4/c1-16-11(15)4-3-8-5-9(7-14)12(17-2)10(13)6-8/h3-7H,1-2H3/b4-3+. The maximum absolute atomic E-state index is 10.9. The third kappa shape index (κ3) is 3.55. The largest absolute Gasteiger partial charge is 0.495 e. The van der Waals surface area contributed by atoms with Crippen molar-refractivity contribution in [3.05, 3.63) is 32.9 Å². The van der Waals surface area contributed by atoms with E-state index in [2.05, 4.69) is 27.3 Å². The number of hydrogen-bond donors (Lipinski definition) is 0. The Morgan fingerprint density at radius 2 is 2.06 bits per heavy atom. The van der Waals surface area contributed by atoms with Crippen LogP contribution in [0.1, 0.15) is 15.9 Å². The molecule has 0 atom stereocenters. The summed E-state index contributed by atoms with van der Waals surface area (Å²) in [4.78, 5) is 21.8. The lowest BCUT2D eigenvalue weighted by Gasteiger charge is -2.07. The minimum atomic E-state index is -0.441. The quantitative estimate of drug-likeness (QED) is 0.363. The van der Waals surface area contributed by atoms with Gasteiger partial charge in [-0.05, 0) is 46.4 Å². The lowest BCUT2D eigenvalue weighted by molar-refractivity contribution is -0.134. The lowest BCUT2D eigenvalue weighted by Crippen LogP contribution is -1.96. The van der Waals surface area contributed by atoms with Gasteiger partial charge in [-0.2, -0.15) is 0 Å². The van der Waals surface area contributed by atoms with E-state index < -0.39 is 5.97 Å². The van der Waals surface area contributed by atoms with Gasteiger partial charge in [0.15, 0.2) is 6.29 Å². The molecular formula is C12H11IO4. The predicted molar refractivity (Wildman–Crippen MR) is 72.1 cm³/mol. The Kier molecular flexibility index (Phi) is 5.14. The molecule has 0 fully saturated rings. The van der Waals surface area contributed by atoms with Crippen molar-refractivity contribution in [1.29, 1.82) is 0 Å². The highest BCUT2D eigenvalue weighted by Gasteiger charge is 2.08. The van der Waals surface area contributed by atoms with Gasteiger partial charge in [0.2, 0.25) is 0 Å². The second kappa shape index (κ2) is 6.39. The summed E-state index contributed by atoms with van der Waals surface area (Å²) in [5, 5.41) is 0. The number of carbonyl (C=O) groups is 2. The maximum atomic E-state index is 10.9. The summed E-state index contributed by atoms with van der Waals surface area (Å²) in [5.74, 6) is 0.0966. The van der Waals surface area contributed by atoms with E-state index in [1.165, 1.54) is 20.3 Å². The summed E-state index contributed by atoms with van der Waals surface area (Å²) < 4.78 is 10.4. The van der Waals surface area contributed by atoms with Crippen molar-refractivity contribution >= 4 is 40.9 Å². The Balaban J connectivity index is 3.11. The summed E-state index contributed by atoms with van der Waals surface area (Å²) in [6.45, 7) is 0. The molecule has 0 aliphatic rings. The third-order valence-electron chi connectivity index (χ3n) is 2.04. The zero-order valence-corrected chi connectivity index (χ0v) is 11.6. The Morgan fingerprint density at radius 1 is 1.35 bits per heavy atom. The van der Waals surface area contributed by atoms with E-state index in [4.69, 9.17) is 4.74 Å². The van der Waals surface area contributed by atoms with Gasteiger partial charge in [-0.3, -0.25) is 4.79 Å². The number of ether oxygens (including phenoxy) is 2. The van der Waals surface area contributed by atoms with E-state index in [9.17, 15) is 9.59 Å². The van der Waals surface area contributed by atoms with Gasteiger partial charge in [-0.25, -0.2) is 4.79 Å². The molecule has 17 heavy (non-hydrogen) atoms. The van der Waals surface area contributed by atoms with Crippen LogP contribution in [-0.4, -0.2) is 26.5 Å². The van der Waals surface area contributed by atoms with Crippen molar-refractivity contribution in [3.8, 4) is 5.75 Å². The van der Waals surface area contributed by atoms with E-state index in [-0.39, 0.29) is 0 Å². The molecule has 0 saturated carbocycles. The second-order valence-corrected chi connectivity index (χ2v) is 4.26. The maximum Gasteiger partial charge on any atom is 0.330 e. The Labute approximate surface area is 113 Å². The predicted octanol–water partition coefficient (Wildman–Crippen LogP) is 2.30. The van der Waals surface area contributed by atoms with E-state index in [1.54, 1.807) is 12.1 Å². The zero-order chi connectivity index (χ0) is 12.8. The molecule has 0 heterocycles. The molecule has 90 valence electrons. The number of hydrogen-bond acceptors (Lipinski definition) is 4. The topological polar surface area (TPSA) is 52.6 Å². The number of carbonyl (C=O) groups excluding carboxylic acids is 2. The molecule has 0 aromatic heterocycles. The van der Waals surface area contributed by atoms with Gasteiger partial charge in [-0.1, -0.05) is 0 Å². The average Bonchev–Trinajstić information content (AvgIpc) is 2.34. The highest BCUT2D eigenvalue weighted by Crippen LogP contribution is 2.26. The number of benzene rings is 1. The van der Waals surface area contributed by atoms with E-state index in [0.717, 1.165) is 15.4 Å². The van der Waals surface area contributed by atoms with Gasteiger partial charge in [0.25, 0.3) is 0 Å². The fraction of sp³-hybridized carbons (Fsp3) is 0.167. The molecule has 0 amide bonds. The van der Waals surface area contributed by atoms with Gasteiger partial charge in [0, 0.05) is 6.08 Å². The monoisotopic (exact) mass is 346 g/mol. The number of rotatable bonds is 4. The van der Waals surface area contributed by atoms with Crippen molar-refractivity contribution in [2.45, 2.75) is 0 Å². The molecule has 1 aromatic rings. The normalized spacial score (nSPS) is 10.3. The van der Waals surface area contributed by atoms with Crippen LogP contribution in [0, 0.1) is 3.57 Å². The van der Waals surface area contributed by atoms with Gasteiger partial charge >= 0.3 is 5.97 Å². The fourth-order valence-electron chi connectivity index (χ4n) is 1.27. The number of halogens is 1. The summed E-state index contributed by atoms with van der Waals surface area (Å²) in [6.07, 6.45) is 3.60. The van der Waals surface area contributed by atoms with Crippen LogP contribution >= 0.6 is 22.6 Å². The van der Waals surface area contributed by atoms with Crippen molar-refractivity contribution in [2.24, 2.45) is 0 Å². The summed E-state index contributed by atoms with van der Waals surface area (Å²) in [6, 6.07) is 3.46.